The molecule has 2 amide bonds. The maximum Gasteiger partial charge on any atom is 0.217 e. The average Bonchev–Trinajstić information content (AvgIpc) is 2.08. The van der Waals surface area contributed by atoms with Gasteiger partial charge in [0.05, 0.1) is 0 Å². The van der Waals surface area contributed by atoms with Crippen LogP contribution in [-0.2, 0) is 32.0 Å². The van der Waals surface area contributed by atoms with Crippen molar-refractivity contribution in [1.29, 1.82) is 0 Å². The Bertz CT molecular complexity index is 166. The molecule has 1 radical (unpaired) electrons. The quantitative estimate of drug-likeness (QED) is 0.451. The van der Waals surface area contributed by atoms with Crippen LogP contribution in [0.25, 0.3) is 0 Å². The molecule has 0 aliphatic carbocycles. The number of carbonyl (C=O) groups is 2. The van der Waals surface area contributed by atoms with Crippen molar-refractivity contribution in [1.82, 2.24) is 0 Å². The van der Waals surface area contributed by atoms with Gasteiger partial charge in [-0.2, -0.15) is 0 Å². The minimum absolute atomic E-state index is 0. The van der Waals surface area contributed by atoms with E-state index in [4.69, 9.17) is 11.5 Å². The largest absolute Gasteiger partial charge is 0.370 e. The molecule has 93 valence electrons. The van der Waals surface area contributed by atoms with Crippen molar-refractivity contribution in [3.05, 3.63) is 0 Å². The van der Waals surface area contributed by atoms with Crippen molar-refractivity contribution in [2.75, 3.05) is 0 Å². The van der Waals surface area contributed by atoms with Gasteiger partial charge in [0.2, 0.25) is 11.8 Å². The molecule has 0 unspecified atom stereocenters. The van der Waals surface area contributed by atoms with Crippen LogP contribution in [0.1, 0.15) is 51.4 Å². The third-order valence-electron chi connectivity index (χ3n) is 2.10. The Morgan fingerprint density at radius 1 is 0.667 bits per heavy atom. The van der Waals surface area contributed by atoms with E-state index in [1.54, 1.807) is 0 Å². The van der Waals surface area contributed by atoms with E-state index >= 15 is 0 Å². The Kier molecular flexibility index (Phi) is 13.4. The van der Waals surface area contributed by atoms with Crippen molar-refractivity contribution in [2.24, 2.45) is 11.5 Å². The number of unbranched alkanes of at least 4 members (excludes halogenated alkanes) is 5. The van der Waals surface area contributed by atoms with Crippen LogP contribution in [0.4, 0.5) is 0 Å². The molecule has 0 bridgehead atoms. The number of hydrogen-bond donors (Lipinski definition) is 2. The van der Waals surface area contributed by atoms with Crippen LogP contribution in [0.15, 0.2) is 0 Å². The molecule has 0 saturated carbocycles. The molecule has 5 heteroatoms. The zero-order valence-corrected chi connectivity index (χ0v) is 11.1. The zero-order valence-electron chi connectivity index (χ0n) is 8.93. The SMILES string of the molecule is NC(=O)CCCCCCCCC(N)=O.[Au]. The third-order valence-corrected chi connectivity index (χ3v) is 2.10. The van der Waals surface area contributed by atoms with Gasteiger partial charge in [-0.1, -0.05) is 25.7 Å². The van der Waals surface area contributed by atoms with Crippen molar-refractivity contribution >= 4 is 11.8 Å². The van der Waals surface area contributed by atoms with Crippen molar-refractivity contribution in [3.8, 4) is 0 Å². The van der Waals surface area contributed by atoms with Gasteiger partial charge in [0.15, 0.2) is 0 Å². The Morgan fingerprint density at radius 2 is 0.933 bits per heavy atom. The van der Waals surface area contributed by atoms with E-state index in [-0.39, 0.29) is 34.2 Å². The molecule has 0 aromatic carbocycles. The van der Waals surface area contributed by atoms with Gasteiger partial charge in [-0.3, -0.25) is 9.59 Å². The summed E-state index contributed by atoms with van der Waals surface area (Å²) in [5.41, 5.74) is 10.00. The van der Waals surface area contributed by atoms with E-state index in [0.717, 1.165) is 38.5 Å². The first-order chi connectivity index (χ1) is 6.63. The fraction of sp³-hybridized carbons (Fsp3) is 0.800. The number of carbonyl (C=O) groups excluding carboxylic acids is 2. The molecule has 0 aromatic heterocycles. The fourth-order valence-corrected chi connectivity index (χ4v) is 1.31. The Labute approximate surface area is 107 Å². The molecule has 0 aliphatic rings. The summed E-state index contributed by atoms with van der Waals surface area (Å²) in [4.78, 5) is 20.8. The first kappa shape index (κ1) is 17.1. The van der Waals surface area contributed by atoms with E-state index in [1.165, 1.54) is 0 Å². The molecule has 0 aromatic rings. The van der Waals surface area contributed by atoms with E-state index in [1.807, 2.05) is 0 Å². The van der Waals surface area contributed by atoms with Crippen molar-refractivity contribution in [3.63, 3.8) is 0 Å². The second-order valence-electron chi connectivity index (χ2n) is 3.55. The van der Waals surface area contributed by atoms with E-state index in [2.05, 4.69) is 0 Å². The van der Waals surface area contributed by atoms with Crippen LogP contribution in [0.5, 0.6) is 0 Å². The minimum atomic E-state index is -0.223. The average molecular weight is 397 g/mol. The molecule has 0 spiro atoms. The molecule has 0 atom stereocenters. The summed E-state index contributed by atoms with van der Waals surface area (Å²) in [6.07, 6.45) is 7.02. The molecule has 0 aliphatic heterocycles. The summed E-state index contributed by atoms with van der Waals surface area (Å²) in [6.45, 7) is 0. The number of nitrogens with two attached hydrogens (primary N) is 2. The van der Waals surface area contributed by atoms with Gasteiger partial charge in [0, 0.05) is 35.2 Å². The number of amides is 2. The molecule has 0 heterocycles. The smallest absolute Gasteiger partial charge is 0.217 e. The maximum atomic E-state index is 10.4. The van der Waals surface area contributed by atoms with Crippen molar-refractivity contribution in [2.45, 2.75) is 51.4 Å². The molecular weight excluding hydrogens is 377 g/mol. The van der Waals surface area contributed by atoms with Crippen LogP contribution < -0.4 is 11.5 Å². The fourth-order valence-electron chi connectivity index (χ4n) is 1.31. The summed E-state index contributed by atoms with van der Waals surface area (Å²) in [5.74, 6) is -0.447. The van der Waals surface area contributed by atoms with Gasteiger partial charge in [-0.15, -0.1) is 0 Å². The van der Waals surface area contributed by atoms with Crippen molar-refractivity contribution < 1.29 is 32.0 Å². The summed E-state index contributed by atoms with van der Waals surface area (Å²) in [7, 11) is 0. The van der Waals surface area contributed by atoms with Crippen LogP contribution in [-0.4, -0.2) is 11.8 Å². The predicted octanol–water partition coefficient (Wildman–Crippen LogP) is 1.08. The Morgan fingerprint density at radius 3 is 1.20 bits per heavy atom. The summed E-state index contributed by atoms with van der Waals surface area (Å²) in [5, 5.41) is 0. The standard InChI is InChI=1S/C10H20N2O2.Au/c11-9(13)7-5-3-1-2-4-6-8-10(12)14;/h1-8H2,(H2,11,13)(H2,12,14);. The minimum Gasteiger partial charge on any atom is -0.370 e. The van der Waals surface area contributed by atoms with Crippen LogP contribution in [0, 0.1) is 0 Å². The van der Waals surface area contributed by atoms with Crippen LogP contribution >= 0.6 is 0 Å². The third kappa shape index (κ3) is 16.4. The second-order valence-corrected chi connectivity index (χ2v) is 3.55. The number of primary amides is 2. The second kappa shape index (κ2) is 11.8. The van der Waals surface area contributed by atoms with Gasteiger partial charge < -0.3 is 11.5 Å². The maximum absolute atomic E-state index is 10.4. The normalized spacial score (nSPS) is 9.33. The summed E-state index contributed by atoms with van der Waals surface area (Å²) < 4.78 is 0. The summed E-state index contributed by atoms with van der Waals surface area (Å²) >= 11 is 0. The summed E-state index contributed by atoms with van der Waals surface area (Å²) in [6, 6.07) is 0. The van der Waals surface area contributed by atoms with Gasteiger partial charge in [-0.25, -0.2) is 0 Å². The molecule has 0 fully saturated rings. The molecular formula is C10H20AuN2O2. The van der Waals surface area contributed by atoms with E-state index in [9.17, 15) is 9.59 Å². The molecule has 4 nitrogen and oxygen atoms in total. The first-order valence-electron chi connectivity index (χ1n) is 5.19. The monoisotopic (exact) mass is 397 g/mol. The molecule has 15 heavy (non-hydrogen) atoms. The topological polar surface area (TPSA) is 86.2 Å². The molecule has 0 rings (SSSR count). The van der Waals surface area contributed by atoms with Gasteiger partial charge in [-0.05, 0) is 12.8 Å². The van der Waals surface area contributed by atoms with E-state index in [0.29, 0.717) is 12.8 Å². The molecule has 0 saturated heterocycles. The zero-order chi connectivity index (χ0) is 10.8. The van der Waals surface area contributed by atoms with Crippen LogP contribution in [0.2, 0.25) is 0 Å². The van der Waals surface area contributed by atoms with Gasteiger partial charge >= 0.3 is 0 Å². The first-order valence-corrected chi connectivity index (χ1v) is 5.19. The Balaban J connectivity index is 0. The van der Waals surface area contributed by atoms with E-state index < -0.39 is 0 Å². The number of rotatable bonds is 9. The Hall–Kier alpha value is -0.320. The molecule has 4 N–H and O–H groups in total. The predicted molar refractivity (Wildman–Crippen MR) is 55.3 cm³/mol. The number of hydrogen-bond acceptors (Lipinski definition) is 2. The van der Waals surface area contributed by atoms with Crippen LogP contribution in [0.3, 0.4) is 0 Å². The van der Waals surface area contributed by atoms with Gasteiger partial charge in [0.1, 0.15) is 0 Å². The van der Waals surface area contributed by atoms with Gasteiger partial charge in [0.25, 0.3) is 0 Å².